The van der Waals surface area contributed by atoms with E-state index in [0.717, 1.165) is 17.7 Å². The van der Waals surface area contributed by atoms with E-state index in [0.29, 0.717) is 22.6 Å². The highest BCUT2D eigenvalue weighted by Gasteiger charge is 2.27. The molecule has 0 bridgehead atoms. The van der Waals surface area contributed by atoms with Crippen LogP contribution in [0.1, 0.15) is 21.5 Å². The SMILES string of the molecule is CNSNc1cccc(CN2Cc3ccc(C(=O)N(C)C)cc3OC2=O)c1F. The Morgan fingerprint density at radius 1 is 1.32 bits per heavy atom. The van der Waals surface area contributed by atoms with Gasteiger partial charge in [0.05, 0.1) is 18.8 Å². The van der Waals surface area contributed by atoms with E-state index < -0.39 is 11.9 Å². The summed E-state index contributed by atoms with van der Waals surface area (Å²) < 4.78 is 25.7. The van der Waals surface area contributed by atoms with Gasteiger partial charge in [0.1, 0.15) is 5.75 Å². The summed E-state index contributed by atoms with van der Waals surface area (Å²) in [6.45, 7) is 0.342. The lowest BCUT2D eigenvalue weighted by Crippen LogP contribution is -2.36. The second kappa shape index (κ2) is 8.49. The molecule has 1 heterocycles. The summed E-state index contributed by atoms with van der Waals surface area (Å²) in [6.07, 6.45) is -0.579. The molecule has 148 valence electrons. The van der Waals surface area contributed by atoms with E-state index in [4.69, 9.17) is 4.74 Å². The van der Waals surface area contributed by atoms with Gasteiger partial charge in [-0.05, 0) is 25.2 Å². The van der Waals surface area contributed by atoms with Crippen molar-refractivity contribution < 1.29 is 18.7 Å². The van der Waals surface area contributed by atoms with E-state index in [1.54, 1.807) is 57.5 Å². The number of hydrogen-bond donors (Lipinski definition) is 2. The average Bonchev–Trinajstić information content (AvgIpc) is 2.68. The maximum Gasteiger partial charge on any atom is 0.415 e. The number of carbonyl (C=O) groups excluding carboxylic acids is 2. The Hall–Kier alpha value is -2.78. The first-order valence-corrected chi connectivity index (χ1v) is 9.39. The smallest absolute Gasteiger partial charge is 0.410 e. The van der Waals surface area contributed by atoms with E-state index in [2.05, 4.69) is 9.44 Å². The van der Waals surface area contributed by atoms with E-state index in [1.807, 2.05) is 0 Å². The number of hydrogen-bond acceptors (Lipinski definition) is 6. The summed E-state index contributed by atoms with van der Waals surface area (Å²) in [7, 11) is 5.03. The van der Waals surface area contributed by atoms with Gasteiger partial charge in [0.25, 0.3) is 5.91 Å². The molecule has 0 spiro atoms. The Morgan fingerprint density at radius 3 is 2.82 bits per heavy atom. The molecule has 0 saturated heterocycles. The van der Waals surface area contributed by atoms with Gasteiger partial charge in [-0.2, -0.15) is 0 Å². The third-order valence-electron chi connectivity index (χ3n) is 4.24. The highest BCUT2D eigenvalue weighted by molar-refractivity contribution is 7.98. The molecule has 7 nitrogen and oxygen atoms in total. The number of anilines is 1. The fourth-order valence-electron chi connectivity index (χ4n) is 2.81. The molecule has 0 unspecified atom stereocenters. The molecule has 0 radical (unpaired) electrons. The Kier molecular flexibility index (Phi) is 6.05. The highest BCUT2D eigenvalue weighted by atomic mass is 32.2. The molecule has 3 rings (SSSR count). The number of ether oxygens (including phenoxy) is 1. The van der Waals surface area contributed by atoms with E-state index in [9.17, 15) is 14.0 Å². The Labute approximate surface area is 167 Å². The molecule has 0 aliphatic carbocycles. The van der Waals surface area contributed by atoms with Gasteiger partial charge in [0, 0.05) is 42.9 Å². The maximum absolute atomic E-state index is 14.7. The maximum atomic E-state index is 14.7. The number of carbonyl (C=O) groups is 2. The molecule has 0 fully saturated rings. The molecule has 1 aliphatic rings. The molecule has 1 aliphatic heterocycles. The third-order valence-corrected chi connectivity index (χ3v) is 4.77. The Balaban J connectivity index is 1.78. The summed E-state index contributed by atoms with van der Waals surface area (Å²) in [5, 5.41) is 0. The summed E-state index contributed by atoms with van der Waals surface area (Å²) >= 11 is 1.15. The number of amides is 2. The van der Waals surface area contributed by atoms with Crippen molar-refractivity contribution in [1.29, 1.82) is 0 Å². The largest absolute Gasteiger partial charge is 0.415 e. The van der Waals surface area contributed by atoms with Crippen molar-refractivity contribution in [2.45, 2.75) is 13.1 Å². The molecular formula is C19H21FN4O3S. The van der Waals surface area contributed by atoms with Gasteiger partial charge in [-0.15, -0.1) is 0 Å². The molecule has 2 amide bonds. The lowest BCUT2D eigenvalue weighted by atomic mass is 10.1. The van der Waals surface area contributed by atoms with Crippen molar-refractivity contribution >= 4 is 29.8 Å². The topological polar surface area (TPSA) is 73.9 Å². The minimum Gasteiger partial charge on any atom is -0.410 e. The van der Waals surface area contributed by atoms with E-state index >= 15 is 0 Å². The number of fused-ring (bicyclic) bond motifs is 1. The molecule has 0 atom stereocenters. The van der Waals surface area contributed by atoms with E-state index in [-0.39, 0.29) is 19.0 Å². The molecule has 2 aromatic carbocycles. The van der Waals surface area contributed by atoms with Crippen LogP contribution in [-0.4, -0.2) is 42.9 Å². The van der Waals surface area contributed by atoms with Gasteiger partial charge in [-0.25, -0.2) is 13.9 Å². The predicted molar refractivity (Wildman–Crippen MR) is 106 cm³/mol. The molecule has 28 heavy (non-hydrogen) atoms. The summed E-state index contributed by atoms with van der Waals surface area (Å²) in [5.74, 6) is -0.238. The van der Waals surface area contributed by atoms with Crippen molar-refractivity contribution in [2.24, 2.45) is 0 Å². The lowest BCUT2D eigenvalue weighted by molar-refractivity contribution is 0.0826. The first-order valence-electron chi connectivity index (χ1n) is 8.58. The van der Waals surface area contributed by atoms with Crippen LogP contribution in [0.5, 0.6) is 5.75 Å². The van der Waals surface area contributed by atoms with E-state index in [1.165, 1.54) is 9.80 Å². The minimum atomic E-state index is -0.579. The number of halogens is 1. The normalized spacial score (nSPS) is 13.0. The van der Waals surface area contributed by atoms with Gasteiger partial charge in [-0.1, -0.05) is 18.2 Å². The molecule has 2 aromatic rings. The molecule has 0 saturated carbocycles. The predicted octanol–water partition coefficient (Wildman–Crippen LogP) is 3.24. The number of nitrogens with one attached hydrogen (secondary N) is 2. The van der Waals surface area contributed by atoms with Gasteiger partial charge >= 0.3 is 6.09 Å². The van der Waals surface area contributed by atoms with Crippen LogP contribution >= 0.6 is 12.1 Å². The van der Waals surface area contributed by atoms with Gasteiger partial charge in [0.2, 0.25) is 0 Å². The number of nitrogens with zero attached hydrogens (tertiary/aromatic N) is 2. The zero-order chi connectivity index (χ0) is 20.3. The number of benzene rings is 2. The fraction of sp³-hybridized carbons (Fsp3) is 0.263. The number of rotatable bonds is 6. The quantitative estimate of drug-likeness (QED) is 0.720. The Morgan fingerprint density at radius 2 is 2.11 bits per heavy atom. The standard InChI is InChI=1S/C19H21FN4O3S/c1-21-28-22-15-6-4-5-14(17(15)20)11-24-10-13-8-7-12(18(25)23(2)3)9-16(13)27-19(24)26/h4-9,21-22H,10-11H2,1-3H3. The second-order valence-electron chi connectivity index (χ2n) is 6.43. The van der Waals surface area contributed by atoms with Crippen molar-refractivity contribution in [3.05, 3.63) is 58.9 Å². The van der Waals surface area contributed by atoms with Crippen LogP contribution in [-0.2, 0) is 13.1 Å². The second-order valence-corrected chi connectivity index (χ2v) is 7.25. The van der Waals surface area contributed by atoms with Crippen LogP contribution in [0.4, 0.5) is 14.9 Å². The van der Waals surface area contributed by atoms with Crippen LogP contribution < -0.4 is 14.2 Å². The molecule has 0 aromatic heterocycles. The van der Waals surface area contributed by atoms with Crippen LogP contribution in [0.3, 0.4) is 0 Å². The van der Waals surface area contributed by atoms with Gasteiger partial charge in [-0.3, -0.25) is 9.69 Å². The van der Waals surface area contributed by atoms with Crippen LogP contribution in [0.2, 0.25) is 0 Å². The van der Waals surface area contributed by atoms with Crippen LogP contribution in [0, 0.1) is 5.82 Å². The van der Waals surface area contributed by atoms with Crippen molar-refractivity contribution in [3.8, 4) is 5.75 Å². The van der Waals surface area contributed by atoms with Crippen molar-refractivity contribution in [2.75, 3.05) is 25.9 Å². The van der Waals surface area contributed by atoms with Crippen LogP contribution in [0.15, 0.2) is 36.4 Å². The highest BCUT2D eigenvalue weighted by Crippen LogP contribution is 2.29. The zero-order valence-electron chi connectivity index (χ0n) is 15.8. The lowest BCUT2D eigenvalue weighted by Gasteiger charge is -2.28. The zero-order valence-corrected chi connectivity index (χ0v) is 16.6. The molecular weight excluding hydrogens is 383 g/mol. The van der Waals surface area contributed by atoms with Crippen molar-refractivity contribution in [3.63, 3.8) is 0 Å². The minimum absolute atomic E-state index is 0.0717. The summed E-state index contributed by atoms with van der Waals surface area (Å²) in [5.41, 5.74) is 1.91. The molecule has 2 N–H and O–H groups in total. The summed E-state index contributed by atoms with van der Waals surface area (Å²) in [6, 6.07) is 9.98. The summed E-state index contributed by atoms with van der Waals surface area (Å²) in [4.78, 5) is 27.4. The van der Waals surface area contributed by atoms with Gasteiger partial charge < -0.3 is 14.4 Å². The average molecular weight is 404 g/mol. The third kappa shape index (κ3) is 4.20. The van der Waals surface area contributed by atoms with Gasteiger partial charge in [0.15, 0.2) is 5.82 Å². The first-order chi connectivity index (χ1) is 13.4. The van der Waals surface area contributed by atoms with Crippen LogP contribution in [0.25, 0.3) is 0 Å². The Bertz CT molecular complexity index is 907. The first kappa shape index (κ1) is 20.0. The molecule has 9 heteroatoms. The fourth-order valence-corrected chi connectivity index (χ4v) is 3.18. The van der Waals surface area contributed by atoms with Crippen molar-refractivity contribution in [1.82, 2.24) is 14.5 Å². The monoisotopic (exact) mass is 404 g/mol.